The molecule has 0 amide bonds. The molecular weight excluding hydrogens is 326 g/mol. The normalized spacial score (nSPS) is 14.2. The second kappa shape index (κ2) is 7.34. The molecule has 1 unspecified atom stereocenters. The molecule has 2 rings (SSSR count). The lowest BCUT2D eigenvalue weighted by Gasteiger charge is -2.24. The summed E-state index contributed by atoms with van der Waals surface area (Å²) < 4.78 is 32.8. The number of nitrogens with one attached hydrogen (secondary N) is 1. The van der Waals surface area contributed by atoms with Gasteiger partial charge in [-0.1, -0.05) is 30.3 Å². The first-order valence-electron chi connectivity index (χ1n) is 7.77. The molecule has 6 heteroatoms. The van der Waals surface area contributed by atoms with Gasteiger partial charge in [-0.2, -0.15) is 0 Å². The minimum Gasteiger partial charge on any atom is -0.494 e. The van der Waals surface area contributed by atoms with Crippen molar-refractivity contribution in [1.29, 1.82) is 0 Å². The minimum absolute atomic E-state index is 0.119. The van der Waals surface area contributed by atoms with E-state index in [-0.39, 0.29) is 11.4 Å². The van der Waals surface area contributed by atoms with Gasteiger partial charge in [-0.25, -0.2) is 13.1 Å². The highest BCUT2D eigenvalue weighted by molar-refractivity contribution is 7.89. The Bertz CT molecular complexity index is 786. The zero-order valence-electron chi connectivity index (χ0n) is 14.1. The Balaban J connectivity index is 2.15. The molecule has 0 aliphatic rings. The summed E-state index contributed by atoms with van der Waals surface area (Å²) in [6.07, 6.45) is 0. The van der Waals surface area contributed by atoms with E-state index >= 15 is 0 Å². The van der Waals surface area contributed by atoms with E-state index in [1.165, 1.54) is 6.07 Å². The third-order valence-corrected chi connectivity index (χ3v) is 5.16. The van der Waals surface area contributed by atoms with Crippen LogP contribution in [0.2, 0.25) is 0 Å². The highest BCUT2D eigenvalue weighted by atomic mass is 32.2. The van der Waals surface area contributed by atoms with Crippen LogP contribution in [0.5, 0.6) is 5.75 Å². The predicted octanol–water partition coefficient (Wildman–Crippen LogP) is 2.58. The van der Waals surface area contributed by atoms with E-state index in [2.05, 4.69) is 4.72 Å². The van der Waals surface area contributed by atoms with Gasteiger partial charge in [0.2, 0.25) is 10.0 Å². The monoisotopic (exact) mass is 349 g/mol. The Morgan fingerprint density at radius 3 is 2.42 bits per heavy atom. The average molecular weight is 349 g/mol. The maximum atomic E-state index is 12.5. The van der Waals surface area contributed by atoms with Gasteiger partial charge < -0.3 is 9.84 Å². The number of hydrogen-bond donors (Lipinski definition) is 2. The number of aliphatic hydroxyl groups is 1. The molecule has 2 N–H and O–H groups in total. The van der Waals surface area contributed by atoms with Crippen molar-refractivity contribution in [3.8, 4) is 5.75 Å². The van der Waals surface area contributed by atoms with E-state index < -0.39 is 15.6 Å². The van der Waals surface area contributed by atoms with Crippen LogP contribution in [-0.2, 0) is 15.6 Å². The average Bonchev–Trinajstić information content (AvgIpc) is 2.56. The third-order valence-electron chi connectivity index (χ3n) is 3.76. The van der Waals surface area contributed by atoms with Gasteiger partial charge in [-0.15, -0.1) is 0 Å². The molecule has 0 aromatic heterocycles. The lowest BCUT2D eigenvalue weighted by molar-refractivity contribution is 0.0627. The molecule has 0 spiro atoms. The Labute approximate surface area is 143 Å². The smallest absolute Gasteiger partial charge is 0.240 e. The van der Waals surface area contributed by atoms with Crippen LogP contribution in [0.3, 0.4) is 0 Å². The number of hydrogen-bond acceptors (Lipinski definition) is 4. The second-order valence-electron chi connectivity index (χ2n) is 5.82. The molecule has 0 saturated heterocycles. The standard InChI is InChI=1S/C18H23NO4S/c1-4-23-17-11-10-16(12-14(17)2)24(21,22)19-13-18(3,20)15-8-6-5-7-9-15/h5-12,19-20H,4,13H2,1-3H3. The van der Waals surface area contributed by atoms with Gasteiger partial charge in [0.25, 0.3) is 0 Å². The molecular formula is C18H23NO4S. The molecule has 2 aromatic carbocycles. The molecule has 0 bridgehead atoms. The van der Waals surface area contributed by atoms with E-state index in [0.717, 1.165) is 5.56 Å². The quantitative estimate of drug-likeness (QED) is 0.806. The Kier molecular flexibility index (Phi) is 5.64. The van der Waals surface area contributed by atoms with Gasteiger partial charge in [-0.3, -0.25) is 0 Å². The van der Waals surface area contributed by atoms with Crippen LogP contribution in [0.15, 0.2) is 53.4 Å². The Hall–Kier alpha value is -1.89. The van der Waals surface area contributed by atoms with Crippen LogP contribution in [0, 0.1) is 6.92 Å². The van der Waals surface area contributed by atoms with Crippen LogP contribution in [0.25, 0.3) is 0 Å². The summed E-state index contributed by atoms with van der Waals surface area (Å²) in [6.45, 7) is 5.65. The van der Waals surface area contributed by atoms with Crippen molar-refractivity contribution < 1.29 is 18.3 Å². The van der Waals surface area contributed by atoms with Crippen LogP contribution in [-0.4, -0.2) is 26.7 Å². The number of benzene rings is 2. The van der Waals surface area contributed by atoms with E-state index in [1.54, 1.807) is 50.2 Å². The molecule has 0 aliphatic carbocycles. The van der Waals surface area contributed by atoms with Crippen molar-refractivity contribution in [2.24, 2.45) is 0 Å². The topological polar surface area (TPSA) is 75.6 Å². The number of ether oxygens (including phenoxy) is 1. The largest absolute Gasteiger partial charge is 0.494 e. The highest BCUT2D eigenvalue weighted by Gasteiger charge is 2.26. The molecule has 0 fully saturated rings. The fraction of sp³-hybridized carbons (Fsp3) is 0.333. The fourth-order valence-corrected chi connectivity index (χ4v) is 3.54. The summed E-state index contributed by atoms with van der Waals surface area (Å²) in [5, 5.41) is 10.5. The first-order chi connectivity index (χ1) is 11.3. The van der Waals surface area contributed by atoms with Crippen LogP contribution in [0.4, 0.5) is 0 Å². The van der Waals surface area contributed by atoms with Crippen molar-refractivity contribution in [3.63, 3.8) is 0 Å². The SMILES string of the molecule is CCOc1ccc(S(=O)(=O)NCC(C)(O)c2ccccc2)cc1C. The molecule has 0 heterocycles. The van der Waals surface area contributed by atoms with Crippen molar-refractivity contribution in [1.82, 2.24) is 4.72 Å². The minimum atomic E-state index is -3.72. The van der Waals surface area contributed by atoms with Crippen LogP contribution < -0.4 is 9.46 Å². The molecule has 24 heavy (non-hydrogen) atoms. The van der Waals surface area contributed by atoms with Gasteiger partial charge in [0.05, 0.1) is 11.5 Å². The first-order valence-corrected chi connectivity index (χ1v) is 9.25. The first kappa shape index (κ1) is 18.4. The summed E-state index contributed by atoms with van der Waals surface area (Å²) >= 11 is 0. The molecule has 0 saturated carbocycles. The van der Waals surface area contributed by atoms with Gasteiger partial charge in [-0.05, 0) is 50.1 Å². The van der Waals surface area contributed by atoms with Gasteiger partial charge in [0.1, 0.15) is 11.4 Å². The van der Waals surface area contributed by atoms with Gasteiger partial charge >= 0.3 is 0 Å². The van der Waals surface area contributed by atoms with Crippen molar-refractivity contribution in [2.45, 2.75) is 31.3 Å². The lowest BCUT2D eigenvalue weighted by Crippen LogP contribution is -2.38. The van der Waals surface area contributed by atoms with E-state index in [4.69, 9.17) is 4.74 Å². The van der Waals surface area contributed by atoms with Crippen molar-refractivity contribution in [2.75, 3.05) is 13.2 Å². The van der Waals surface area contributed by atoms with E-state index in [0.29, 0.717) is 17.9 Å². The zero-order chi connectivity index (χ0) is 17.8. The number of sulfonamides is 1. The number of aryl methyl sites for hydroxylation is 1. The fourth-order valence-electron chi connectivity index (χ4n) is 2.32. The highest BCUT2D eigenvalue weighted by Crippen LogP contribution is 2.23. The van der Waals surface area contributed by atoms with Gasteiger partial charge in [0.15, 0.2) is 0 Å². The maximum absolute atomic E-state index is 12.5. The molecule has 1 atom stereocenters. The second-order valence-corrected chi connectivity index (χ2v) is 7.59. The molecule has 2 aromatic rings. The van der Waals surface area contributed by atoms with E-state index in [1.807, 2.05) is 13.0 Å². The summed E-state index contributed by atoms with van der Waals surface area (Å²) in [5.74, 6) is 0.660. The summed E-state index contributed by atoms with van der Waals surface area (Å²) in [5.41, 5.74) is 0.0966. The van der Waals surface area contributed by atoms with Gasteiger partial charge in [0, 0.05) is 6.54 Å². The molecule has 5 nitrogen and oxygen atoms in total. The summed E-state index contributed by atoms with van der Waals surface area (Å²) in [7, 11) is -3.72. The van der Waals surface area contributed by atoms with Crippen LogP contribution >= 0.6 is 0 Å². The summed E-state index contributed by atoms with van der Waals surface area (Å²) in [6, 6.07) is 13.7. The van der Waals surface area contributed by atoms with E-state index in [9.17, 15) is 13.5 Å². The zero-order valence-corrected chi connectivity index (χ0v) is 14.9. The number of rotatable bonds is 7. The van der Waals surface area contributed by atoms with Crippen molar-refractivity contribution >= 4 is 10.0 Å². The molecule has 0 aliphatic heterocycles. The molecule has 0 radical (unpaired) electrons. The predicted molar refractivity (Wildman–Crippen MR) is 93.5 cm³/mol. The van der Waals surface area contributed by atoms with Crippen LogP contribution in [0.1, 0.15) is 25.0 Å². The third kappa shape index (κ3) is 4.35. The Morgan fingerprint density at radius 2 is 1.83 bits per heavy atom. The lowest BCUT2D eigenvalue weighted by atomic mass is 9.97. The molecule has 130 valence electrons. The summed E-state index contributed by atoms with van der Waals surface area (Å²) in [4.78, 5) is 0.146. The maximum Gasteiger partial charge on any atom is 0.240 e. The van der Waals surface area contributed by atoms with Crippen molar-refractivity contribution in [3.05, 3.63) is 59.7 Å². The Morgan fingerprint density at radius 1 is 1.17 bits per heavy atom.